The van der Waals surface area contributed by atoms with Crippen LogP contribution in [-0.4, -0.2) is 0 Å². The minimum absolute atomic E-state index is 0.596. The van der Waals surface area contributed by atoms with Crippen molar-refractivity contribution >= 4 is 0 Å². The van der Waals surface area contributed by atoms with Crippen molar-refractivity contribution in [2.45, 2.75) is 73.1 Å². The largest absolute Gasteiger partial charge is 0.0847 e. The van der Waals surface area contributed by atoms with Crippen molar-refractivity contribution in [1.82, 2.24) is 0 Å². The maximum absolute atomic E-state index is 2.64. The van der Waals surface area contributed by atoms with E-state index in [1.165, 1.54) is 38.5 Å². The molecule has 3 saturated carbocycles. The van der Waals surface area contributed by atoms with Gasteiger partial charge in [0, 0.05) is 0 Å². The molecule has 0 radical (unpaired) electrons. The van der Waals surface area contributed by atoms with Crippen molar-refractivity contribution in [2.75, 3.05) is 0 Å². The molecule has 3 fully saturated rings. The van der Waals surface area contributed by atoms with Crippen molar-refractivity contribution in [2.24, 2.45) is 39.9 Å². The molecule has 4 rings (SSSR count). The van der Waals surface area contributed by atoms with E-state index in [9.17, 15) is 0 Å². The molecule has 0 aromatic carbocycles. The molecule has 0 heterocycles. The minimum atomic E-state index is 0.596. The molecule has 4 aliphatic rings. The summed E-state index contributed by atoms with van der Waals surface area (Å²) in [7, 11) is 0. The number of hydrogen-bond donors (Lipinski definition) is 0. The summed E-state index contributed by atoms with van der Waals surface area (Å²) in [5.74, 6) is 3.94. The number of fused-ring (bicyclic) bond motifs is 4. The summed E-state index contributed by atoms with van der Waals surface area (Å²) in [6.07, 6.45) is 11.4. The summed E-state index contributed by atoms with van der Waals surface area (Å²) in [6.45, 7) is 12.8. The van der Waals surface area contributed by atoms with Gasteiger partial charge in [-0.05, 0) is 85.4 Å². The van der Waals surface area contributed by atoms with Crippen molar-refractivity contribution in [3.8, 4) is 0 Å². The van der Waals surface area contributed by atoms with Gasteiger partial charge in [-0.2, -0.15) is 0 Å². The minimum Gasteiger partial charge on any atom is -0.0847 e. The van der Waals surface area contributed by atoms with E-state index < -0.39 is 0 Å². The van der Waals surface area contributed by atoms with Crippen LogP contribution in [0.2, 0.25) is 0 Å². The molecular formula is C20H32. The SMILES string of the molecule is CC1=CCC(C)C12CCC1C3C(C)(C)CCC3(C)CC12. The first kappa shape index (κ1) is 13.4. The summed E-state index contributed by atoms with van der Waals surface area (Å²) >= 11 is 0. The van der Waals surface area contributed by atoms with Crippen LogP contribution in [0.5, 0.6) is 0 Å². The molecule has 0 N–H and O–H groups in total. The van der Waals surface area contributed by atoms with Crippen LogP contribution >= 0.6 is 0 Å². The highest BCUT2D eigenvalue weighted by atomic mass is 14.7. The standard InChI is InChI=1S/C20H32/c1-13-6-7-14(2)20(13)9-8-15-16(20)12-19(5)11-10-18(3,4)17(15)19/h6,14-17H,7-12H2,1-5H3. The molecule has 6 unspecified atom stereocenters. The van der Waals surface area contributed by atoms with Gasteiger partial charge in [0.05, 0.1) is 0 Å². The van der Waals surface area contributed by atoms with Crippen molar-refractivity contribution < 1.29 is 0 Å². The van der Waals surface area contributed by atoms with Crippen LogP contribution in [0.3, 0.4) is 0 Å². The summed E-state index contributed by atoms with van der Waals surface area (Å²) in [6, 6.07) is 0. The first-order chi connectivity index (χ1) is 9.31. The zero-order chi connectivity index (χ0) is 14.3. The second-order valence-corrected chi connectivity index (χ2v) is 9.70. The van der Waals surface area contributed by atoms with Gasteiger partial charge in [0.2, 0.25) is 0 Å². The van der Waals surface area contributed by atoms with Crippen LogP contribution < -0.4 is 0 Å². The molecular weight excluding hydrogens is 240 g/mol. The quantitative estimate of drug-likeness (QED) is 0.487. The maximum Gasteiger partial charge on any atom is -0.00310 e. The first-order valence-corrected chi connectivity index (χ1v) is 8.98. The molecule has 6 atom stereocenters. The van der Waals surface area contributed by atoms with E-state index in [1.807, 2.05) is 0 Å². The second-order valence-electron chi connectivity index (χ2n) is 9.70. The summed E-state index contributed by atoms with van der Waals surface area (Å²) in [5.41, 5.74) is 3.63. The monoisotopic (exact) mass is 272 g/mol. The summed E-state index contributed by atoms with van der Waals surface area (Å²) in [5, 5.41) is 0. The van der Waals surface area contributed by atoms with E-state index in [0.717, 1.165) is 23.7 Å². The van der Waals surface area contributed by atoms with E-state index in [0.29, 0.717) is 16.2 Å². The zero-order valence-corrected chi connectivity index (χ0v) is 14.1. The van der Waals surface area contributed by atoms with Gasteiger partial charge in [-0.25, -0.2) is 0 Å². The number of hydrogen-bond acceptors (Lipinski definition) is 0. The van der Waals surface area contributed by atoms with Crippen LogP contribution in [0.4, 0.5) is 0 Å². The molecule has 0 bridgehead atoms. The Balaban J connectivity index is 1.76. The lowest BCUT2D eigenvalue weighted by molar-refractivity contribution is 0.125. The fourth-order valence-corrected chi connectivity index (χ4v) is 7.84. The zero-order valence-electron chi connectivity index (χ0n) is 14.1. The third-order valence-corrected chi connectivity index (χ3v) is 8.51. The maximum atomic E-state index is 2.64. The Morgan fingerprint density at radius 1 is 1.10 bits per heavy atom. The smallest absolute Gasteiger partial charge is 0.00310 e. The van der Waals surface area contributed by atoms with E-state index in [2.05, 4.69) is 40.7 Å². The van der Waals surface area contributed by atoms with Gasteiger partial charge in [0.1, 0.15) is 0 Å². The molecule has 0 aliphatic heterocycles. The molecule has 0 aromatic heterocycles. The van der Waals surface area contributed by atoms with Crippen molar-refractivity contribution in [3.05, 3.63) is 11.6 Å². The average molecular weight is 272 g/mol. The highest BCUT2D eigenvalue weighted by molar-refractivity contribution is 5.28. The van der Waals surface area contributed by atoms with Crippen LogP contribution in [-0.2, 0) is 0 Å². The topological polar surface area (TPSA) is 0 Å². The third kappa shape index (κ3) is 1.35. The van der Waals surface area contributed by atoms with Crippen LogP contribution in [0.15, 0.2) is 11.6 Å². The van der Waals surface area contributed by atoms with E-state index in [4.69, 9.17) is 0 Å². The van der Waals surface area contributed by atoms with E-state index in [1.54, 1.807) is 5.57 Å². The van der Waals surface area contributed by atoms with Gasteiger partial charge < -0.3 is 0 Å². The Labute approximate surface area is 125 Å². The van der Waals surface area contributed by atoms with Gasteiger partial charge in [-0.15, -0.1) is 0 Å². The van der Waals surface area contributed by atoms with Crippen LogP contribution in [0.25, 0.3) is 0 Å². The average Bonchev–Trinajstić information content (AvgIpc) is 3.00. The molecule has 0 aromatic rings. The second kappa shape index (κ2) is 3.73. The van der Waals surface area contributed by atoms with Crippen LogP contribution in [0.1, 0.15) is 73.1 Å². The van der Waals surface area contributed by atoms with E-state index in [-0.39, 0.29) is 0 Å². The van der Waals surface area contributed by atoms with Gasteiger partial charge >= 0.3 is 0 Å². The lowest BCUT2D eigenvalue weighted by Gasteiger charge is -2.39. The van der Waals surface area contributed by atoms with E-state index >= 15 is 0 Å². The van der Waals surface area contributed by atoms with Crippen molar-refractivity contribution in [3.63, 3.8) is 0 Å². The molecule has 0 heteroatoms. The van der Waals surface area contributed by atoms with Gasteiger partial charge in [-0.3, -0.25) is 0 Å². The Bertz CT molecular complexity index is 470. The Kier molecular flexibility index (Phi) is 2.50. The third-order valence-electron chi connectivity index (χ3n) is 8.51. The fourth-order valence-electron chi connectivity index (χ4n) is 7.84. The molecule has 0 nitrogen and oxygen atoms in total. The summed E-state index contributed by atoms with van der Waals surface area (Å²) < 4.78 is 0. The Morgan fingerprint density at radius 2 is 1.85 bits per heavy atom. The molecule has 112 valence electrons. The normalized spacial score (nSPS) is 56.1. The van der Waals surface area contributed by atoms with Gasteiger partial charge in [0.25, 0.3) is 0 Å². The van der Waals surface area contributed by atoms with Crippen molar-refractivity contribution in [1.29, 1.82) is 0 Å². The Hall–Kier alpha value is -0.260. The molecule has 20 heavy (non-hydrogen) atoms. The van der Waals surface area contributed by atoms with Crippen LogP contribution in [0, 0.1) is 39.9 Å². The lowest BCUT2D eigenvalue weighted by Crippen LogP contribution is -2.33. The number of allylic oxidation sites excluding steroid dienone is 2. The molecule has 0 saturated heterocycles. The predicted octanol–water partition coefficient (Wildman–Crippen LogP) is 5.83. The first-order valence-electron chi connectivity index (χ1n) is 8.98. The Morgan fingerprint density at radius 3 is 2.50 bits per heavy atom. The summed E-state index contributed by atoms with van der Waals surface area (Å²) in [4.78, 5) is 0. The molecule has 0 amide bonds. The van der Waals surface area contributed by atoms with Gasteiger partial charge in [-0.1, -0.05) is 39.3 Å². The molecule has 4 aliphatic carbocycles. The molecule has 1 spiro atoms. The predicted molar refractivity (Wildman–Crippen MR) is 85.4 cm³/mol. The lowest BCUT2D eigenvalue weighted by atomic mass is 9.65. The fraction of sp³-hybridized carbons (Fsp3) is 0.900. The highest BCUT2D eigenvalue weighted by Crippen LogP contribution is 2.75. The number of rotatable bonds is 0. The highest BCUT2D eigenvalue weighted by Gasteiger charge is 2.67. The van der Waals surface area contributed by atoms with Gasteiger partial charge in [0.15, 0.2) is 0 Å².